The largest absolute Gasteiger partial charge is 0.375 e. The van der Waals surface area contributed by atoms with Gasteiger partial charge in [0, 0.05) is 17.5 Å². The van der Waals surface area contributed by atoms with Gasteiger partial charge in [-0.2, -0.15) is 11.8 Å². The van der Waals surface area contributed by atoms with E-state index in [1.165, 1.54) is 31.2 Å². The van der Waals surface area contributed by atoms with Gasteiger partial charge in [0.2, 0.25) is 0 Å². The summed E-state index contributed by atoms with van der Waals surface area (Å²) in [5.41, 5.74) is 4.63. The number of hydrogen-bond acceptors (Lipinski definition) is 3. The highest BCUT2D eigenvalue weighted by Crippen LogP contribution is 2.24. The number of thioether (sulfide) groups is 1. The minimum Gasteiger partial charge on any atom is -0.375 e. The second-order valence-corrected chi connectivity index (χ2v) is 7.36. The van der Waals surface area contributed by atoms with Crippen LogP contribution in [-0.2, 0) is 24.0 Å². The molecule has 0 saturated carbocycles. The van der Waals surface area contributed by atoms with Crippen molar-refractivity contribution in [2.45, 2.75) is 51.2 Å². The Morgan fingerprint density at radius 3 is 3.05 bits per heavy atom. The van der Waals surface area contributed by atoms with Gasteiger partial charge in [0.15, 0.2) is 0 Å². The van der Waals surface area contributed by atoms with Crippen LogP contribution in [-0.4, -0.2) is 36.8 Å². The number of ether oxygens (including phenoxy) is 1. The summed E-state index contributed by atoms with van der Waals surface area (Å²) >= 11 is 2.03. The third-order valence-corrected chi connectivity index (χ3v) is 5.59. The van der Waals surface area contributed by atoms with Crippen molar-refractivity contribution in [1.82, 2.24) is 5.32 Å². The Morgan fingerprint density at radius 2 is 2.24 bits per heavy atom. The molecule has 1 aromatic carbocycles. The van der Waals surface area contributed by atoms with E-state index < -0.39 is 0 Å². The highest BCUT2D eigenvalue weighted by Gasteiger charge is 2.25. The summed E-state index contributed by atoms with van der Waals surface area (Å²) in [4.78, 5) is 0. The summed E-state index contributed by atoms with van der Waals surface area (Å²) in [6.45, 7) is 4.22. The Bertz CT molecular complexity index is 457. The number of fused-ring (bicyclic) bond motifs is 1. The second-order valence-electron chi connectivity index (χ2n) is 6.21. The molecule has 0 amide bonds. The van der Waals surface area contributed by atoms with Crippen molar-refractivity contribution in [1.29, 1.82) is 0 Å². The maximum Gasteiger partial charge on any atom is 0.0821 e. The van der Waals surface area contributed by atoms with Crippen molar-refractivity contribution >= 4 is 11.8 Å². The third-order valence-electron chi connectivity index (χ3n) is 4.57. The number of rotatable bonds is 6. The standard InChI is InChI=1S/C18H27NOS/c1-2-8-19-17(18-13-21-10-9-20-18)12-14-6-7-15-4-3-5-16(15)11-14/h6-7,11,17-19H,2-5,8-10,12-13H2,1H3. The van der Waals surface area contributed by atoms with Crippen LogP contribution in [0.1, 0.15) is 36.5 Å². The fourth-order valence-electron chi connectivity index (χ4n) is 3.41. The molecule has 3 rings (SSSR count). The number of aryl methyl sites for hydroxylation is 2. The molecule has 1 N–H and O–H groups in total. The first-order valence-electron chi connectivity index (χ1n) is 8.40. The van der Waals surface area contributed by atoms with Gasteiger partial charge in [-0.25, -0.2) is 0 Å². The van der Waals surface area contributed by atoms with E-state index >= 15 is 0 Å². The summed E-state index contributed by atoms with van der Waals surface area (Å²) in [5.74, 6) is 2.28. The topological polar surface area (TPSA) is 21.3 Å². The lowest BCUT2D eigenvalue weighted by atomic mass is 9.98. The molecular weight excluding hydrogens is 278 g/mol. The number of benzene rings is 1. The maximum absolute atomic E-state index is 6.02. The second kappa shape index (κ2) is 7.66. The van der Waals surface area contributed by atoms with Gasteiger partial charge in [0.1, 0.15) is 0 Å². The summed E-state index contributed by atoms with van der Waals surface area (Å²) in [7, 11) is 0. The van der Waals surface area contributed by atoms with Crippen LogP contribution in [0.2, 0.25) is 0 Å². The van der Waals surface area contributed by atoms with Gasteiger partial charge < -0.3 is 10.1 Å². The average Bonchev–Trinajstić information content (AvgIpc) is 3.00. The Hall–Kier alpha value is -0.510. The van der Waals surface area contributed by atoms with Crippen molar-refractivity contribution in [3.8, 4) is 0 Å². The zero-order chi connectivity index (χ0) is 14.5. The molecule has 1 aliphatic carbocycles. The minimum absolute atomic E-state index is 0.364. The van der Waals surface area contributed by atoms with Crippen LogP contribution in [0.4, 0.5) is 0 Å². The van der Waals surface area contributed by atoms with Crippen molar-refractivity contribution in [3.05, 3.63) is 34.9 Å². The van der Waals surface area contributed by atoms with E-state index in [0.29, 0.717) is 12.1 Å². The molecule has 1 aromatic rings. The van der Waals surface area contributed by atoms with Gasteiger partial charge >= 0.3 is 0 Å². The average molecular weight is 305 g/mol. The fourth-order valence-corrected chi connectivity index (χ4v) is 4.35. The normalized spacial score (nSPS) is 23.0. The predicted octanol–water partition coefficient (Wildman–Crippen LogP) is 3.22. The highest BCUT2D eigenvalue weighted by molar-refractivity contribution is 7.99. The molecule has 0 spiro atoms. The molecule has 1 fully saturated rings. The van der Waals surface area contributed by atoms with Gasteiger partial charge in [-0.3, -0.25) is 0 Å². The molecule has 1 aliphatic heterocycles. The zero-order valence-electron chi connectivity index (χ0n) is 13.1. The summed E-state index contributed by atoms with van der Waals surface area (Å²) in [6, 6.07) is 7.59. The smallest absolute Gasteiger partial charge is 0.0821 e. The van der Waals surface area contributed by atoms with Crippen LogP contribution in [0, 0.1) is 0 Å². The summed E-state index contributed by atoms with van der Waals surface area (Å²) in [5, 5.41) is 3.72. The predicted molar refractivity (Wildman–Crippen MR) is 91.3 cm³/mol. The lowest BCUT2D eigenvalue weighted by molar-refractivity contribution is 0.0472. The molecule has 0 aromatic heterocycles. The molecule has 0 radical (unpaired) electrons. The number of nitrogens with one attached hydrogen (secondary N) is 1. The fraction of sp³-hybridized carbons (Fsp3) is 0.667. The zero-order valence-corrected chi connectivity index (χ0v) is 13.9. The third kappa shape index (κ3) is 4.02. The molecule has 0 bridgehead atoms. The summed E-state index contributed by atoms with van der Waals surface area (Å²) < 4.78 is 6.02. The van der Waals surface area contributed by atoms with E-state index in [9.17, 15) is 0 Å². The Morgan fingerprint density at radius 1 is 1.33 bits per heavy atom. The van der Waals surface area contributed by atoms with Crippen LogP contribution in [0.25, 0.3) is 0 Å². The van der Waals surface area contributed by atoms with Gasteiger partial charge in [0.05, 0.1) is 12.7 Å². The maximum atomic E-state index is 6.02. The van der Waals surface area contributed by atoms with Crippen molar-refractivity contribution < 1.29 is 4.74 Å². The quantitative estimate of drug-likeness (QED) is 0.872. The van der Waals surface area contributed by atoms with E-state index in [-0.39, 0.29) is 0 Å². The van der Waals surface area contributed by atoms with E-state index in [2.05, 4.69) is 30.4 Å². The van der Waals surface area contributed by atoms with Crippen molar-refractivity contribution in [3.63, 3.8) is 0 Å². The molecule has 1 saturated heterocycles. The highest BCUT2D eigenvalue weighted by atomic mass is 32.2. The van der Waals surface area contributed by atoms with Crippen molar-refractivity contribution in [2.24, 2.45) is 0 Å². The van der Waals surface area contributed by atoms with Gasteiger partial charge in [-0.15, -0.1) is 0 Å². The van der Waals surface area contributed by atoms with Crippen LogP contribution in [0.3, 0.4) is 0 Å². The monoisotopic (exact) mass is 305 g/mol. The Balaban J connectivity index is 1.67. The Labute approximate surface area is 133 Å². The van der Waals surface area contributed by atoms with Crippen LogP contribution in [0.5, 0.6) is 0 Å². The van der Waals surface area contributed by atoms with E-state index in [1.807, 2.05) is 11.8 Å². The lowest BCUT2D eigenvalue weighted by Gasteiger charge is -2.31. The molecule has 1 heterocycles. The molecule has 2 nitrogen and oxygen atoms in total. The molecule has 2 unspecified atom stereocenters. The molecular formula is C18H27NOS. The van der Waals surface area contributed by atoms with E-state index in [1.54, 1.807) is 11.1 Å². The van der Waals surface area contributed by atoms with Gasteiger partial charge in [-0.05, 0) is 55.3 Å². The molecule has 3 heteroatoms. The van der Waals surface area contributed by atoms with Crippen LogP contribution < -0.4 is 5.32 Å². The first-order chi connectivity index (χ1) is 10.4. The van der Waals surface area contributed by atoms with Gasteiger partial charge in [0.25, 0.3) is 0 Å². The molecule has 21 heavy (non-hydrogen) atoms. The molecule has 116 valence electrons. The first-order valence-corrected chi connectivity index (χ1v) is 9.55. The molecule has 2 atom stereocenters. The van der Waals surface area contributed by atoms with E-state index in [4.69, 9.17) is 4.74 Å². The number of hydrogen-bond donors (Lipinski definition) is 1. The lowest BCUT2D eigenvalue weighted by Crippen LogP contribution is -2.46. The summed E-state index contributed by atoms with van der Waals surface area (Å²) in [6.07, 6.45) is 6.52. The SMILES string of the molecule is CCCNC(Cc1ccc2c(c1)CCC2)C1CSCCO1. The van der Waals surface area contributed by atoms with Crippen LogP contribution in [0.15, 0.2) is 18.2 Å². The Kier molecular flexibility index (Phi) is 5.61. The van der Waals surface area contributed by atoms with Crippen LogP contribution >= 0.6 is 11.8 Å². The van der Waals surface area contributed by atoms with Gasteiger partial charge in [-0.1, -0.05) is 25.1 Å². The van der Waals surface area contributed by atoms with Crippen molar-refractivity contribution in [2.75, 3.05) is 24.7 Å². The molecule has 2 aliphatic rings. The first kappa shape index (κ1) is 15.4. The van der Waals surface area contributed by atoms with E-state index in [0.717, 1.165) is 31.1 Å². The minimum atomic E-state index is 0.364.